The number of amides is 1. The lowest BCUT2D eigenvalue weighted by molar-refractivity contribution is -0.118. The Balaban J connectivity index is 1.73. The van der Waals surface area contributed by atoms with E-state index >= 15 is 0 Å². The highest BCUT2D eigenvalue weighted by Gasteiger charge is 2.17. The number of carbonyl (C=O) groups is 1. The number of hydrogen-bond acceptors (Lipinski definition) is 4. The van der Waals surface area contributed by atoms with Gasteiger partial charge in [0.2, 0.25) is 5.91 Å². The average molecular weight is 248 g/mol. The second-order valence-corrected chi connectivity index (χ2v) is 4.59. The minimum Gasteiger partial charge on any atom is -0.370 e. The molecule has 0 unspecified atom stereocenters. The van der Waals surface area contributed by atoms with Gasteiger partial charge in [0.15, 0.2) is 0 Å². The molecular weight excluding hydrogens is 228 g/mol. The number of nitrogens with two attached hydrogens (primary N) is 1. The number of pyridine rings is 1. The molecule has 0 atom stereocenters. The van der Waals surface area contributed by atoms with Crippen molar-refractivity contribution in [1.82, 2.24) is 9.88 Å². The fraction of sp³-hybridized carbons (Fsp3) is 0.538. The first-order valence-corrected chi connectivity index (χ1v) is 6.42. The number of anilines is 1. The third-order valence-electron chi connectivity index (χ3n) is 3.24. The van der Waals surface area contributed by atoms with Gasteiger partial charge in [-0.1, -0.05) is 6.07 Å². The third kappa shape index (κ3) is 3.70. The Morgan fingerprint density at radius 2 is 2.06 bits per heavy atom. The number of nitrogens with zero attached hydrogens (tertiary/aromatic N) is 3. The van der Waals surface area contributed by atoms with Gasteiger partial charge in [0.25, 0.3) is 0 Å². The van der Waals surface area contributed by atoms with Crippen LogP contribution in [0.5, 0.6) is 0 Å². The van der Waals surface area contributed by atoms with E-state index in [1.165, 1.54) is 0 Å². The van der Waals surface area contributed by atoms with Crippen LogP contribution < -0.4 is 10.6 Å². The zero-order chi connectivity index (χ0) is 12.8. The molecule has 1 aromatic rings. The van der Waals surface area contributed by atoms with Gasteiger partial charge in [-0.05, 0) is 25.1 Å². The maximum absolute atomic E-state index is 10.7. The summed E-state index contributed by atoms with van der Waals surface area (Å²) in [6.07, 6.45) is 3.17. The Labute approximate surface area is 108 Å². The monoisotopic (exact) mass is 248 g/mol. The van der Waals surface area contributed by atoms with Crippen LogP contribution in [0.15, 0.2) is 24.4 Å². The molecule has 1 aromatic heterocycles. The molecule has 5 heteroatoms. The predicted octanol–water partition coefficient (Wildman–Crippen LogP) is 0.469. The Morgan fingerprint density at radius 1 is 1.28 bits per heavy atom. The van der Waals surface area contributed by atoms with E-state index in [4.69, 9.17) is 5.73 Å². The molecule has 0 bridgehead atoms. The molecule has 5 nitrogen and oxygen atoms in total. The van der Waals surface area contributed by atoms with Crippen molar-refractivity contribution < 1.29 is 4.79 Å². The molecule has 0 aromatic carbocycles. The second kappa shape index (κ2) is 6.35. The molecule has 1 fully saturated rings. The van der Waals surface area contributed by atoms with Crippen LogP contribution in [-0.4, -0.2) is 48.5 Å². The van der Waals surface area contributed by atoms with Crippen LogP contribution in [-0.2, 0) is 4.79 Å². The normalized spacial score (nSPS) is 16.8. The van der Waals surface area contributed by atoms with Crippen molar-refractivity contribution in [3.05, 3.63) is 24.4 Å². The van der Waals surface area contributed by atoms with Crippen molar-refractivity contribution in [2.45, 2.75) is 12.8 Å². The van der Waals surface area contributed by atoms with E-state index in [-0.39, 0.29) is 5.91 Å². The van der Waals surface area contributed by atoms with E-state index in [9.17, 15) is 4.79 Å². The molecule has 98 valence electrons. The Kier molecular flexibility index (Phi) is 4.52. The molecule has 1 amide bonds. The minimum absolute atomic E-state index is 0.206. The summed E-state index contributed by atoms with van der Waals surface area (Å²) < 4.78 is 0. The van der Waals surface area contributed by atoms with Gasteiger partial charge in [-0.2, -0.15) is 0 Å². The fourth-order valence-corrected chi connectivity index (χ4v) is 2.22. The van der Waals surface area contributed by atoms with Crippen LogP contribution in [0.2, 0.25) is 0 Å². The van der Waals surface area contributed by atoms with Crippen molar-refractivity contribution in [3.8, 4) is 0 Å². The lowest BCUT2D eigenvalue weighted by atomic mass is 10.2. The number of rotatable bonds is 5. The first-order chi connectivity index (χ1) is 8.75. The molecule has 0 saturated carbocycles. The average Bonchev–Trinajstić information content (AvgIpc) is 2.40. The lowest BCUT2D eigenvalue weighted by Crippen LogP contribution is -2.47. The number of primary amides is 1. The largest absolute Gasteiger partial charge is 0.370 e. The molecule has 0 radical (unpaired) electrons. The maximum atomic E-state index is 10.7. The Hall–Kier alpha value is -1.62. The summed E-state index contributed by atoms with van der Waals surface area (Å²) >= 11 is 0. The first-order valence-electron chi connectivity index (χ1n) is 6.42. The van der Waals surface area contributed by atoms with Crippen molar-refractivity contribution in [2.75, 3.05) is 37.6 Å². The molecule has 1 saturated heterocycles. The molecule has 2 rings (SSSR count). The summed E-state index contributed by atoms with van der Waals surface area (Å²) in [4.78, 5) is 19.7. The second-order valence-electron chi connectivity index (χ2n) is 4.59. The summed E-state index contributed by atoms with van der Waals surface area (Å²) in [6.45, 7) is 4.99. The van der Waals surface area contributed by atoms with Gasteiger partial charge in [0, 0.05) is 38.8 Å². The van der Waals surface area contributed by atoms with Gasteiger partial charge in [0.05, 0.1) is 0 Å². The number of carbonyl (C=O) groups excluding carboxylic acids is 1. The van der Waals surface area contributed by atoms with E-state index in [0.717, 1.165) is 45.0 Å². The summed E-state index contributed by atoms with van der Waals surface area (Å²) in [6, 6.07) is 5.99. The van der Waals surface area contributed by atoms with Gasteiger partial charge in [-0.25, -0.2) is 4.98 Å². The number of aromatic nitrogens is 1. The smallest absolute Gasteiger partial charge is 0.217 e. The van der Waals surface area contributed by atoms with Crippen LogP contribution in [0, 0.1) is 0 Å². The maximum Gasteiger partial charge on any atom is 0.217 e. The van der Waals surface area contributed by atoms with Gasteiger partial charge in [-0.15, -0.1) is 0 Å². The van der Waals surface area contributed by atoms with Crippen molar-refractivity contribution >= 4 is 11.7 Å². The summed E-state index contributed by atoms with van der Waals surface area (Å²) in [7, 11) is 0. The van der Waals surface area contributed by atoms with Gasteiger partial charge in [-0.3, -0.25) is 9.69 Å². The molecule has 2 heterocycles. The summed E-state index contributed by atoms with van der Waals surface area (Å²) in [5.41, 5.74) is 5.13. The van der Waals surface area contributed by atoms with E-state index in [2.05, 4.69) is 14.8 Å². The van der Waals surface area contributed by atoms with Crippen LogP contribution in [0.3, 0.4) is 0 Å². The Bertz CT molecular complexity index is 374. The lowest BCUT2D eigenvalue weighted by Gasteiger charge is -2.35. The van der Waals surface area contributed by atoms with Crippen LogP contribution in [0.1, 0.15) is 12.8 Å². The molecular formula is C13H20N4O. The molecule has 0 spiro atoms. The predicted molar refractivity (Wildman–Crippen MR) is 71.3 cm³/mol. The zero-order valence-corrected chi connectivity index (χ0v) is 10.6. The fourth-order valence-electron chi connectivity index (χ4n) is 2.22. The first kappa shape index (κ1) is 12.8. The number of piperazine rings is 1. The molecule has 2 N–H and O–H groups in total. The van der Waals surface area contributed by atoms with Crippen molar-refractivity contribution in [1.29, 1.82) is 0 Å². The highest BCUT2D eigenvalue weighted by atomic mass is 16.1. The summed E-state index contributed by atoms with van der Waals surface area (Å²) in [5.74, 6) is 0.844. The SMILES string of the molecule is NC(=O)CCCN1CCN(c2ccccn2)CC1. The molecule has 18 heavy (non-hydrogen) atoms. The summed E-state index contributed by atoms with van der Waals surface area (Å²) in [5, 5.41) is 0. The number of hydrogen-bond donors (Lipinski definition) is 1. The van der Waals surface area contributed by atoms with Crippen molar-refractivity contribution in [2.24, 2.45) is 5.73 Å². The molecule has 1 aliphatic heterocycles. The van der Waals surface area contributed by atoms with E-state index in [0.29, 0.717) is 6.42 Å². The quantitative estimate of drug-likeness (QED) is 0.822. The minimum atomic E-state index is -0.206. The highest BCUT2D eigenvalue weighted by Crippen LogP contribution is 2.12. The Morgan fingerprint density at radius 3 is 2.67 bits per heavy atom. The van der Waals surface area contributed by atoms with Crippen LogP contribution >= 0.6 is 0 Å². The van der Waals surface area contributed by atoms with E-state index < -0.39 is 0 Å². The topological polar surface area (TPSA) is 62.5 Å². The van der Waals surface area contributed by atoms with Gasteiger partial charge in [0.1, 0.15) is 5.82 Å². The highest BCUT2D eigenvalue weighted by molar-refractivity contribution is 5.73. The van der Waals surface area contributed by atoms with E-state index in [1.54, 1.807) is 0 Å². The van der Waals surface area contributed by atoms with Gasteiger partial charge >= 0.3 is 0 Å². The van der Waals surface area contributed by atoms with Crippen LogP contribution in [0.25, 0.3) is 0 Å². The van der Waals surface area contributed by atoms with Gasteiger partial charge < -0.3 is 10.6 Å². The molecule has 1 aliphatic rings. The standard InChI is InChI=1S/C13H20N4O/c14-12(18)4-3-7-16-8-10-17(11-9-16)13-5-1-2-6-15-13/h1-2,5-6H,3-4,7-11H2,(H2,14,18). The molecule has 0 aliphatic carbocycles. The third-order valence-corrected chi connectivity index (χ3v) is 3.24. The van der Waals surface area contributed by atoms with Crippen LogP contribution in [0.4, 0.5) is 5.82 Å². The van der Waals surface area contributed by atoms with Crippen molar-refractivity contribution in [3.63, 3.8) is 0 Å². The van der Waals surface area contributed by atoms with E-state index in [1.807, 2.05) is 24.4 Å². The zero-order valence-electron chi connectivity index (χ0n) is 10.6.